The van der Waals surface area contributed by atoms with Crippen molar-refractivity contribution in [1.82, 2.24) is 9.88 Å². The van der Waals surface area contributed by atoms with Crippen LogP contribution in [0, 0.1) is 0 Å². The molecule has 0 unspecified atom stereocenters. The van der Waals surface area contributed by atoms with Gasteiger partial charge in [-0.2, -0.15) is 0 Å². The summed E-state index contributed by atoms with van der Waals surface area (Å²) in [4.78, 5) is 6.44. The van der Waals surface area contributed by atoms with Crippen molar-refractivity contribution in [3.63, 3.8) is 0 Å². The SMILES string of the molecule is COCCN1C[C@H](c2cncc(Cl)c2)[C@@H](N)C1. The van der Waals surface area contributed by atoms with Crippen LogP contribution in [-0.2, 0) is 4.74 Å². The Morgan fingerprint density at radius 1 is 1.53 bits per heavy atom. The van der Waals surface area contributed by atoms with Gasteiger partial charge in [0, 0.05) is 51.1 Å². The standard InChI is InChI=1S/C12H18ClN3O/c1-17-3-2-16-7-11(12(14)8-16)9-4-10(13)6-15-5-9/h4-6,11-12H,2-3,7-8,14H2,1H3/t11-,12+/m1/s1. The highest BCUT2D eigenvalue weighted by Gasteiger charge is 2.31. The number of rotatable bonds is 4. The van der Waals surface area contributed by atoms with Crippen LogP contribution in [0.4, 0.5) is 0 Å². The molecule has 5 heteroatoms. The van der Waals surface area contributed by atoms with Crippen molar-refractivity contribution in [1.29, 1.82) is 0 Å². The molecule has 2 N–H and O–H groups in total. The van der Waals surface area contributed by atoms with Gasteiger partial charge in [-0.1, -0.05) is 11.6 Å². The van der Waals surface area contributed by atoms with Crippen molar-refractivity contribution < 1.29 is 4.74 Å². The molecule has 1 saturated heterocycles. The lowest BCUT2D eigenvalue weighted by Crippen LogP contribution is -2.30. The van der Waals surface area contributed by atoms with E-state index in [4.69, 9.17) is 22.1 Å². The summed E-state index contributed by atoms with van der Waals surface area (Å²) >= 11 is 5.95. The minimum Gasteiger partial charge on any atom is -0.383 e. The maximum atomic E-state index is 6.17. The van der Waals surface area contributed by atoms with Crippen molar-refractivity contribution in [2.24, 2.45) is 5.73 Å². The van der Waals surface area contributed by atoms with Crippen LogP contribution in [0.5, 0.6) is 0 Å². The summed E-state index contributed by atoms with van der Waals surface area (Å²) in [5.41, 5.74) is 7.30. The Bertz CT molecular complexity index is 375. The Balaban J connectivity index is 2.02. The summed E-state index contributed by atoms with van der Waals surface area (Å²) in [6, 6.07) is 2.10. The zero-order valence-corrected chi connectivity index (χ0v) is 10.7. The maximum Gasteiger partial charge on any atom is 0.0592 e. The molecule has 0 amide bonds. The van der Waals surface area contributed by atoms with Gasteiger partial charge in [-0.15, -0.1) is 0 Å². The molecule has 4 nitrogen and oxygen atoms in total. The van der Waals surface area contributed by atoms with Gasteiger partial charge >= 0.3 is 0 Å². The quantitative estimate of drug-likeness (QED) is 0.876. The van der Waals surface area contributed by atoms with Crippen LogP contribution in [0.25, 0.3) is 0 Å². The molecule has 1 aliphatic heterocycles. The summed E-state index contributed by atoms with van der Waals surface area (Å²) in [5.74, 6) is 0.318. The van der Waals surface area contributed by atoms with Crippen LogP contribution in [0.2, 0.25) is 5.02 Å². The monoisotopic (exact) mass is 255 g/mol. The van der Waals surface area contributed by atoms with Gasteiger partial charge in [0.05, 0.1) is 11.6 Å². The number of likely N-dealkylation sites (tertiary alicyclic amines) is 1. The number of nitrogens with zero attached hydrogens (tertiary/aromatic N) is 2. The first-order valence-electron chi connectivity index (χ1n) is 5.78. The molecule has 1 fully saturated rings. The highest BCUT2D eigenvalue weighted by molar-refractivity contribution is 6.30. The molecule has 1 aliphatic rings. The van der Waals surface area contributed by atoms with E-state index < -0.39 is 0 Å². The molecule has 0 aromatic carbocycles. The average Bonchev–Trinajstić information content (AvgIpc) is 2.68. The number of methoxy groups -OCH3 is 1. The topological polar surface area (TPSA) is 51.4 Å². The Morgan fingerprint density at radius 2 is 2.35 bits per heavy atom. The van der Waals surface area contributed by atoms with Crippen molar-refractivity contribution in [2.75, 3.05) is 33.4 Å². The normalized spacial score (nSPS) is 25.4. The summed E-state index contributed by atoms with van der Waals surface area (Å²) in [5, 5.41) is 0.671. The van der Waals surface area contributed by atoms with E-state index in [0.29, 0.717) is 10.9 Å². The van der Waals surface area contributed by atoms with Crippen LogP contribution in [0.15, 0.2) is 18.5 Å². The van der Waals surface area contributed by atoms with Crippen molar-refractivity contribution in [3.8, 4) is 0 Å². The van der Waals surface area contributed by atoms with Gasteiger partial charge in [0.2, 0.25) is 0 Å². The Morgan fingerprint density at radius 3 is 3.06 bits per heavy atom. The van der Waals surface area contributed by atoms with Gasteiger partial charge < -0.3 is 10.5 Å². The fourth-order valence-electron chi connectivity index (χ4n) is 2.30. The highest BCUT2D eigenvalue weighted by atomic mass is 35.5. The third kappa shape index (κ3) is 3.16. The number of hydrogen-bond acceptors (Lipinski definition) is 4. The van der Waals surface area contributed by atoms with Crippen LogP contribution in [0.3, 0.4) is 0 Å². The lowest BCUT2D eigenvalue weighted by Gasteiger charge is -2.15. The van der Waals surface area contributed by atoms with E-state index in [1.807, 2.05) is 12.3 Å². The summed E-state index contributed by atoms with van der Waals surface area (Å²) in [6.07, 6.45) is 3.50. The molecule has 1 aromatic heterocycles. The molecule has 2 heterocycles. The molecule has 0 saturated carbocycles. The molecule has 17 heavy (non-hydrogen) atoms. The van der Waals surface area contributed by atoms with Gasteiger partial charge in [0.1, 0.15) is 0 Å². The fourth-order valence-corrected chi connectivity index (χ4v) is 2.48. The van der Waals surface area contributed by atoms with Gasteiger partial charge in [0.25, 0.3) is 0 Å². The zero-order chi connectivity index (χ0) is 12.3. The summed E-state index contributed by atoms with van der Waals surface area (Å²) in [6.45, 7) is 3.52. The number of hydrogen-bond donors (Lipinski definition) is 1. The van der Waals surface area contributed by atoms with Crippen molar-refractivity contribution in [3.05, 3.63) is 29.0 Å². The molecular weight excluding hydrogens is 238 g/mol. The molecule has 94 valence electrons. The third-order valence-corrected chi connectivity index (χ3v) is 3.41. The van der Waals surface area contributed by atoms with E-state index in [2.05, 4.69) is 9.88 Å². The van der Waals surface area contributed by atoms with Gasteiger partial charge in [0.15, 0.2) is 0 Å². The van der Waals surface area contributed by atoms with E-state index in [-0.39, 0.29) is 6.04 Å². The second-order valence-electron chi connectivity index (χ2n) is 4.46. The Kier molecular flexibility index (Phi) is 4.34. The molecular formula is C12H18ClN3O. The molecule has 2 rings (SSSR count). The highest BCUT2D eigenvalue weighted by Crippen LogP contribution is 2.27. The molecule has 0 aliphatic carbocycles. The second kappa shape index (κ2) is 5.78. The van der Waals surface area contributed by atoms with E-state index in [1.54, 1.807) is 13.3 Å². The van der Waals surface area contributed by atoms with E-state index in [0.717, 1.165) is 31.8 Å². The minimum absolute atomic E-state index is 0.145. The third-order valence-electron chi connectivity index (χ3n) is 3.21. The largest absolute Gasteiger partial charge is 0.383 e. The van der Waals surface area contributed by atoms with Crippen LogP contribution < -0.4 is 5.73 Å². The average molecular weight is 256 g/mol. The van der Waals surface area contributed by atoms with E-state index in [1.165, 1.54) is 0 Å². The van der Waals surface area contributed by atoms with E-state index in [9.17, 15) is 0 Å². The van der Waals surface area contributed by atoms with Crippen molar-refractivity contribution in [2.45, 2.75) is 12.0 Å². The lowest BCUT2D eigenvalue weighted by atomic mass is 9.97. The summed E-state index contributed by atoms with van der Waals surface area (Å²) < 4.78 is 5.08. The number of nitrogens with two attached hydrogens (primary N) is 1. The molecule has 2 atom stereocenters. The smallest absolute Gasteiger partial charge is 0.0592 e. The minimum atomic E-state index is 0.145. The fraction of sp³-hybridized carbons (Fsp3) is 0.583. The molecule has 0 spiro atoms. The predicted molar refractivity (Wildman–Crippen MR) is 68.3 cm³/mol. The van der Waals surface area contributed by atoms with Gasteiger partial charge in [-0.3, -0.25) is 9.88 Å². The van der Waals surface area contributed by atoms with E-state index >= 15 is 0 Å². The van der Waals surface area contributed by atoms with Crippen LogP contribution >= 0.6 is 11.6 Å². The van der Waals surface area contributed by atoms with Crippen molar-refractivity contribution >= 4 is 11.6 Å². The maximum absolute atomic E-state index is 6.17. The summed E-state index contributed by atoms with van der Waals surface area (Å²) in [7, 11) is 1.72. The molecule has 1 aromatic rings. The number of aromatic nitrogens is 1. The molecule has 0 radical (unpaired) electrons. The molecule has 0 bridgehead atoms. The van der Waals surface area contributed by atoms with Crippen LogP contribution in [-0.4, -0.2) is 49.3 Å². The lowest BCUT2D eigenvalue weighted by molar-refractivity contribution is 0.160. The zero-order valence-electron chi connectivity index (χ0n) is 9.97. The Labute approximate surface area is 107 Å². The first-order valence-corrected chi connectivity index (χ1v) is 6.16. The van der Waals surface area contributed by atoms with Crippen LogP contribution in [0.1, 0.15) is 11.5 Å². The van der Waals surface area contributed by atoms with Gasteiger partial charge in [-0.25, -0.2) is 0 Å². The van der Waals surface area contributed by atoms with Gasteiger partial charge in [-0.05, 0) is 11.6 Å². The number of halogens is 1. The second-order valence-corrected chi connectivity index (χ2v) is 4.90. The Hall–Kier alpha value is -0.680. The first kappa shape index (κ1) is 12.8. The number of pyridine rings is 1. The predicted octanol–water partition coefficient (Wildman–Crippen LogP) is 1.11. The number of ether oxygens (including phenoxy) is 1. The first-order chi connectivity index (χ1) is 8.20.